The number of amides is 1. The van der Waals surface area contributed by atoms with Gasteiger partial charge >= 0.3 is 0 Å². The van der Waals surface area contributed by atoms with Gasteiger partial charge in [0.25, 0.3) is 5.91 Å². The summed E-state index contributed by atoms with van der Waals surface area (Å²) >= 11 is 0. The van der Waals surface area contributed by atoms with Gasteiger partial charge in [-0.3, -0.25) is 9.48 Å². The van der Waals surface area contributed by atoms with Crippen molar-refractivity contribution in [2.24, 2.45) is 0 Å². The summed E-state index contributed by atoms with van der Waals surface area (Å²) in [5.74, 6) is -0.417. The van der Waals surface area contributed by atoms with E-state index >= 15 is 0 Å². The van der Waals surface area contributed by atoms with Crippen LogP contribution in [0.5, 0.6) is 0 Å². The minimum absolute atomic E-state index is 0.136. The Bertz CT molecular complexity index is 722. The van der Waals surface area contributed by atoms with Gasteiger partial charge in [-0.05, 0) is 65.5 Å². The quantitative estimate of drug-likeness (QED) is 0.838. The van der Waals surface area contributed by atoms with Crippen LogP contribution in [0.15, 0.2) is 24.3 Å². The Balaban J connectivity index is 2.25. The summed E-state index contributed by atoms with van der Waals surface area (Å²) in [4.78, 5) is 14.9. The highest BCUT2D eigenvalue weighted by Crippen LogP contribution is 2.20. The first-order valence-electron chi connectivity index (χ1n) is 8.58. The molecule has 1 atom stereocenters. The fourth-order valence-corrected chi connectivity index (χ4v) is 2.97. The van der Waals surface area contributed by atoms with Crippen molar-refractivity contribution in [2.45, 2.75) is 39.8 Å². The van der Waals surface area contributed by atoms with Gasteiger partial charge in [0.1, 0.15) is 5.82 Å². The van der Waals surface area contributed by atoms with Crippen molar-refractivity contribution < 1.29 is 9.18 Å². The fraction of sp³-hybridized carbons (Fsp3) is 0.474. The summed E-state index contributed by atoms with van der Waals surface area (Å²) in [5.41, 5.74) is 3.11. The molecule has 5 nitrogen and oxygen atoms in total. The normalized spacial score (nSPS) is 12.4. The number of nitrogens with zero attached hydrogens (tertiary/aromatic N) is 3. The van der Waals surface area contributed by atoms with Crippen LogP contribution in [0.3, 0.4) is 0 Å². The third kappa shape index (κ3) is 4.66. The van der Waals surface area contributed by atoms with Crippen LogP contribution in [0.2, 0.25) is 0 Å². The van der Waals surface area contributed by atoms with Crippen LogP contribution in [0.4, 0.5) is 4.39 Å². The van der Waals surface area contributed by atoms with Gasteiger partial charge < -0.3 is 10.2 Å². The molecule has 1 amide bonds. The van der Waals surface area contributed by atoms with Crippen LogP contribution < -0.4 is 5.32 Å². The number of nitrogens with one attached hydrogen (secondary N) is 1. The van der Waals surface area contributed by atoms with E-state index in [2.05, 4.69) is 15.3 Å². The van der Waals surface area contributed by atoms with Crippen molar-refractivity contribution in [1.29, 1.82) is 0 Å². The average Bonchev–Trinajstić information content (AvgIpc) is 2.86. The molecule has 1 aromatic heterocycles. The maximum absolute atomic E-state index is 13.2. The molecule has 0 radical (unpaired) electrons. The number of carbonyl (C=O) groups is 1. The zero-order valence-electron chi connectivity index (χ0n) is 15.6. The van der Waals surface area contributed by atoms with Gasteiger partial charge in [0.05, 0.1) is 17.3 Å². The van der Waals surface area contributed by atoms with Gasteiger partial charge in [0, 0.05) is 12.2 Å². The minimum Gasteiger partial charge on any atom is -0.345 e. The maximum atomic E-state index is 13.2. The Labute approximate surface area is 148 Å². The standard InChI is InChI=1S/C19H27FN4O/c1-6-24-14(3)18(13(2)22-24)19(25)21-17(11-12-23(4)5)15-7-9-16(20)10-8-15/h7-10,17H,6,11-12H2,1-5H3,(H,21,25). The van der Waals surface area contributed by atoms with Crippen molar-refractivity contribution >= 4 is 5.91 Å². The zero-order chi connectivity index (χ0) is 18.6. The van der Waals surface area contributed by atoms with Crippen LogP contribution in [0, 0.1) is 19.7 Å². The van der Waals surface area contributed by atoms with Gasteiger partial charge in [-0.2, -0.15) is 5.10 Å². The molecule has 0 aliphatic heterocycles. The number of halogens is 1. The molecule has 6 heteroatoms. The monoisotopic (exact) mass is 346 g/mol. The molecular formula is C19H27FN4O. The number of hydrogen-bond donors (Lipinski definition) is 1. The predicted octanol–water partition coefficient (Wildman–Crippen LogP) is 3.08. The number of rotatable bonds is 7. The molecule has 0 saturated carbocycles. The molecule has 0 aliphatic rings. The van der Waals surface area contributed by atoms with Crippen molar-refractivity contribution in [3.8, 4) is 0 Å². The van der Waals surface area contributed by atoms with Gasteiger partial charge in [0.2, 0.25) is 0 Å². The highest BCUT2D eigenvalue weighted by molar-refractivity contribution is 5.96. The summed E-state index contributed by atoms with van der Waals surface area (Å²) < 4.78 is 15.1. The summed E-state index contributed by atoms with van der Waals surface area (Å²) in [6, 6.07) is 6.13. The van der Waals surface area contributed by atoms with E-state index in [-0.39, 0.29) is 17.8 Å². The summed E-state index contributed by atoms with van der Waals surface area (Å²) in [6.45, 7) is 7.29. The number of carbonyl (C=O) groups excluding carboxylic acids is 1. The highest BCUT2D eigenvalue weighted by atomic mass is 19.1. The van der Waals surface area contributed by atoms with Crippen molar-refractivity contribution in [3.63, 3.8) is 0 Å². The van der Waals surface area contributed by atoms with E-state index in [9.17, 15) is 9.18 Å². The Morgan fingerprint density at radius 1 is 1.28 bits per heavy atom. The molecule has 1 unspecified atom stereocenters. The molecular weight excluding hydrogens is 319 g/mol. The molecule has 136 valence electrons. The summed E-state index contributed by atoms with van der Waals surface area (Å²) in [7, 11) is 3.98. The molecule has 1 aromatic carbocycles. The Morgan fingerprint density at radius 2 is 1.92 bits per heavy atom. The number of benzene rings is 1. The lowest BCUT2D eigenvalue weighted by Gasteiger charge is -2.21. The lowest BCUT2D eigenvalue weighted by Crippen LogP contribution is -2.31. The van der Waals surface area contributed by atoms with Crippen LogP contribution in [0.1, 0.15) is 46.7 Å². The van der Waals surface area contributed by atoms with Crippen LogP contribution in [-0.2, 0) is 6.54 Å². The van der Waals surface area contributed by atoms with E-state index in [1.54, 1.807) is 12.1 Å². The van der Waals surface area contributed by atoms with Crippen molar-refractivity contribution in [1.82, 2.24) is 20.0 Å². The van der Waals surface area contributed by atoms with E-state index < -0.39 is 0 Å². The lowest BCUT2D eigenvalue weighted by atomic mass is 10.0. The number of aromatic nitrogens is 2. The van der Waals surface area contributed by atoms with E-state index in [4.69, 9.17) is 0 Å². The van der Waals surface area contributed by atoms with Crippen molar-refractivity contribution in [2.75, 3.05) is 20.6 Å². The lowest BCUT2D eigenvalue weighted by molar-refractivity contribution is 0.0931. The predicted molar refractivity (Wildman–Crippen MR) is 97.2 cm³/mol. The molecule has 0 saturated heterocycles. The van der Waals surface area contributed by atoms with Crippen LogP contribution >= 0.6 is 0 Å². The second-order valence-electron chi connectivity index (χ2n) is 6.53. The van der Waals surface area contributed by atoms with Gasteiger partial charge in [0.15, 0.2) is 0 Å². The smallest absolute Gasteiger partial charge is 0.255 e. The number of aryl methyl sites for hydroxylation is 2. The van der Waals surface area contributed by atoms with E-state index in [0.29, 0.717) is 5.56 Å². The molecule has 1 N–H and O–H groups in total. The van der Waals surface area contributed by atoms with Gasteiger partial charge in [-0.1, -0.05) is 12.1 Å². The fourth-order valence-electron chi connectivity index (χ4n) is 2.97. The molecule has 1 heterocycles. The summed E-state index contributed by atoms with van der Waals surface area (Å²) in [6.07, 6.45) is 0.740. The Hall–Kier alpha value is -2.21. The van der Waals surface area contributed by atoms with Gasteiger partial charge in [-0.25, -0.2) is 4.39 Å². The first kappa shape index (κ1) is 19.1. The number of hydrogen-bond acceptors (Lipinski definition) is 3. The first-order valence-corrected chi connectivity index (χ1v) is 8.58. The molecule has 2 aromatic rings. The minimum atomic E-state index is -0.280. The molecule has 25 heavy (non-hydrogen) atoms. The van der Waals surface area contributed by atoms with Crippen molar-refractivity contribution in [3.05, 3.63) is 52.6 Å². The Kier molecular flexibility index (Phi) is 6.31. The second kappa shape index (κ2) is 8.25. The van der Waals surface area contributed by atoms with Crippen LogP contribution in [0.25, 0.3) is 0 Å². The largest absolute Gasteiger partial charge is 0.345 e. The first-order chi connectivity index (χ1) is 11.8. The van der Waals surface area contributed by atoms with E-state index in [1.807, 2.05) is 39.5 Å². The highest BCUT2D eigenvalue weighted by Gasteiger charge is 2.22. The second-order valence-corrected chi connectivity index (χ2v) is 6.53. The summed E-state index contributed by atoms with van der Waals surface area (Å²) in [5, 5.41) is 7.52. The molecule has 0 bridgehead atoms. The third-order valence-corrected chi connectivity index (χ3v) is 4.35. The molecule has 0 aliphatic carbocycles. The molecule has 2 rings (SSSR count). The molecule has 0 fully saturated rings. The Morgan fingerprint density at radius 3 is 2.44 bits per heavy atom. The maximum Gasteiger partial charge on any atom is 0.255 e. The van der Waals surface area contributed by atoms with Crippen LogP contribution in [-0.4, -0.2) is 41.2 Å². The SMILES string of the molecule is CCn1nc(C)c(C(=O)NC(CCN(C)C)c2ccc(F)cc2)c1C. The average molecular weight is 346 g/mol. The van der Waals surface area contributed by atoms with E-state index in [0.717, 1.165) is 36.5 Å². The molecule has 0 spiro atoms. The van der Waals surface area contributed by atoms with E-state index in [1.165, 1.54) is 12.1 Å². The van der Waals surface area contributed by atoms with Gasteiger partial charge in [-0.15, -0.1) is 0 Å². The topological polar surface area (TPSA) is 50.2 Å². The zero-order valence-corrected chi connectivity index (χ0v) is 15.6. The third-order valence-electron chi connectivity index (χ3n) is 4.35.